The Balaban J connectivity index is 2.56. The van der Waals surface area contributed by atoms with Crippen molar-refractivity contribution in [3.05, 3.63) is 66.0 Å². The first-order chi connectivity index (χ1) is 10.7. The number of rotatable bonds is 5. The van der Waals surface area contributed by atoms with Gasteiger partial charge in [-0.25, -0.2) is 0 Å². The molecule has 0 spiro atoms. The number of carbonyl (C=O) groups excluding carboxylic acids is 2. The molecule has 1 aromatic carbocycles. The molecule has 0 aliphatic heterocycles. The van der Waals surface area contributed by atoms with E-state index in [1.165, 1.54) is 14.2 Å². The van der Waals surface area contributed by atoms with E-state index in [0.717, 1.165) is 5.56 Å². The summed E-state index contributed by atoms with van der Waals surface area (Å²) in [5, 5.41) is 0. The average Bonchev–Trinajstić information content (AvgIpc) is 2.59. The van der Waals surface area contributed by atoms with Crippen LogP contribution < -0.4 is 0 Å². The number of aromatic nitrogens is 1. The molecule has 0 saturated heterocycles. The van der Waals surface area contributed by atoms with Crippen molar-refractivity contribution >= 4 is 11.9 Å². The lowest BCUT2D eigenvalue weighted by molar-refractivity contribution is -0.159. The van der Waals surface area contributed by atoms with Crippen molar-refractivity contribution in [3.8, 4) is 0 Å². The third-order valence-electron chi connectivity index (χ3n) is 3.41. The fraction of sp³-hybridized carbons (Fsp3) is 0.235. The van der Waals surface area contributed by atoms with Gasteiger partial charge in [0.05, 0.1) is 20.1 Å². The fourth-order valence-corrected chi connectivity index (χ4v) is 2.38. The second kappa shape index (κ2) is 7.36. The van der Waals surface area contributed by atoms with Gasteiger partial charge in [0.2, 0.25) is 0 Å². The molecule has 1 atom stereocenters. The van der Waals surface area contributed by atoms with Crippen molar-refractivity contribution in [2.45, 2.75) is 5.92 Å². The van der Waals surface area contributed by atoms with Crippen LogP contribution in [-0.2, 0) is 19.1 Å². The number of nitrogens with zero attached hydrogens (tertiary/aromatic N) is 1. The van der Waals surface area contributed by atoms with Crippen LogP contribution in [0.25, 0.3) is 0 Å². The van der Waals surface area contributed by atoms with Gasteiger partial charge >= 0.3 is 11.9 Å². The zero-order valence-corrected chi connectivity index (χ0v) is 12.4. The number of ether oxygens (including phenoxy) is 2. The molecule has 0 radical (unpaired) electrons. The summed E-state index contributed by atoms with van der Waals surface area (Å²) in [7, 11) is 2.50. The van der Waals surface area contributed by atoms with Crippen LogP contribution >= 0.6 is 0 Å². The summed E-state index contributed by atoms with van der Waals surface area (Å²) in [5.41, 5.74) is 1.40. The molecular formula is C17H17NO4. The Bertz CT molecular complexity index is 572. The molecule has 0 aliphatic rings. The minimum atomic E-state index is -1.10. The highest BCUT2D eigenvalue weighted by Crippen LogP contribution is 2.32. The molecule has 0 saturated carbocycles. The van der Waals surface area contributed by atoms with Crippen LogP contribution in [0.2, 0.25) is 0 Å². The van der Waals surface area contributed by atoms with Crippen molar-refractivity contribution in [2.75, 3.05) is 14.2 Å². The van der Waals surface area contributed by atoms with Gasteiger partial charge in [0.25, 0.3) is 0 Å². The Labute approximate surface area is 128 Å². The Morgan fingerprint density at radius 1 is 0.909 bits per heavy atom. The van der Waals surface area contributed by atoms with Gasteiger partial charge in [-0.15, -0.1) is 0 Å². The van der Waals surface area contributed by atoms with Gasteiger partial charge < -0.3 is 9.47 Å². The van der Waals surface area contributed by atoms with E-state index in [9.17, 15) is 9.59 Å². The average molecular weight is 299 g/mol. The molecule has 2 aromatic rings. The van der Waals surface area contributed by atoms with Crippen LogP contribution in [0.15, 0.2) is 54.7 Å². The largest absolute Gasteiger partial charge is 0.468 e. The zero-order valence-electron chi connectivity index (χ0n) is 12.4. The number of methoxy groups -OCH3 is 2. The number of benzene rings is 1. The van der Waals surface area contributed by atoms with Crippen LogP contribution in [-0.4, -0.2) is 31.1 Å². The van der Waals surface area contributed by atoms with E-state index in [4.69, 9.17) is 9.47 Å². The number of hydrogen-bond donors (Lipinski definition) is 0. The smallest absolute Gasteiger partial charge is 0.321 e. The lowest BCUT2D eigenvalue weighted by atomic mass is 9.83. The third-order valence-corrected chi connectivity index (χ3v) is 3.41. The van der Waals surface area contributed by atoms with Gasteiger partial charge in [0.1, 0.15) is 0 Å². The standard InChI is InChI=1S/C17H17NO4/c1-21-16(19)15(17(20)22-2)14(12-8-4-3-5-9-12)13-10-6-7-11-18-13/h3-11,14-15H,1-2H3. The summed E-state index contributed by atoms with van der Waals surface area (Å²) in [5.74, 6) is -2.97. The van der Waals surface area contributed by atoms with Crippen molar-refractivity contribution in [2.24, 2.45) is 5.92 Å². The molecule has 0 bridgehead atoms. The molecule has 0 amide bonds. The van der Waals surface area contributed by atoms with Gasteiger partial charge in [-0.05, 0) is 17.7 Å². The SMILES string of the molecule is COC(=O)C(C(=O)OC)C(c1ccccc1)c1ccccn1. The molecule has 114 valence electrons. The first-order valence-corrected chi connectivity index (χ1v) is 6.80. The van der Waals surface area contributed by atoms with Gasteiger partial charge in [-0.3, -0.25) is 14.6 Å². The van der Waals surface area contributed by atoms with Crippen LogP contribution in [0.3, 0.4) is 0 Å². The van der Waals surface area contributed by atoms with Gasteiger partial charge in [0, 0.05) is 11.9 Å². The minimum Gasteiger partial charge on any atom is -0.468 e. The van der Waals surface area contributed by atoms with Crippen LogP contribution in [0.5, 0.6) is 0 Å². The van der Waals surface area contributed by atoms with E-state index < -0.39 is 23.8 Å². The zero-order chi connectivity index (χ0) is 15.9. The second-order valence-electron chi connectivity index (χ2n) is 4.67. The highest BCUT2D eigenvalue weighted by Gasteiger charge is 2.39. The lowest BCUT2D eigenvalue weighted by Gasteiger charge is -2.23. The summed E-state index contributed by atoms with van der Waals surface area (Å²) in [6, 6.07) is 14.6. The first-order valence-electron chi connectivity index (χ1n) is 6.80. The number of pyridine rings is 1. The van der Waals surface area contributed by atoms with E-state index >= 15 is 0 Å². The number of esters is 2. The van der Waals surface area contributed by atoms with E-state index in [1.807, 2.05) is 36.4 Å². The molecule has 1 heterocycles. The highest BCUT2D eigenvalue weighted by atomic mass is 16.5. The van der Waals surface area contributed by atoms with Crippen molar-refractivity contribution in [1.29, 1.82) is 0 Å². The Hall–Kier alpha value is -2.69. The summed E-state index contributed by atoms with van der Waals surface area (Å²) in [6.45, 7) is 0. The molecule has 1 aromatic heterocycles. The summed E-state index contributed by atoms with van der Waals surface area (Å²) in [4.78, 5) is 28.6. The molecule has 0 N–H and O–H groups in total. The summed E-state index contributed by atoms with van der Waals surface area (Å²) in [6.07, 6.45) is 1.62. The van der Waals surface area contributed by atoms with Crippen molar-refractivity contribution in [1.82, 2.24) is 4.98 Å². The predicted molar refractivity (Wildman–Crippen MR) is 80.0 cm³/mol. The highest BCUT2D eigenvalue weighted by molar-refractivity contribution is 5.96. The molecule has 5 heteroatoms. The normalized spacial score (nSPS) is 11.8. The van der Waals surface area contributed by atoms with Gasteiger partial charge in [-0.2, -0.15) is 0 Å². The maximum atomic E-state index is 12.1. The summed E-state index contributed by atoms with van der Waals surface area (Å²) < 4.78 is 9.58. The minimum absolute atomic E-state index is 0.567. The molecule has 0 aliphatic carbocycles. The van der Waals surface area contributed by atoms with E-state index in [2.05, 4.69) is 4.98 Å². The molecule has 0 fully saturated rings. The monoisotopic (exact) mass is 299 g/mol. The fourth-order valence-electron chi connectivity index (χ4n) is 2.38. The maximum absolute atomic E-state index is 12.1. The van der Waals surface area contributed by atoms with Crippen LogP contribution in [0, 0.1) is 5.92 Å². The van der Waals surface area contributed by atoms with E-state index in [1.54, 1.807) is 18.3 Å². The van der Waals surface area contributed by atoms with Crippen LogP contribution in [0.4, 0.5) is 0 Å². The summed E-state index contributed by atoms with van der Waals surface area (Å²) >= 11 is 0. The van der Waals surface area contributed by atoms with Crippen LogP contribution in [0.1, 0.15) is 17.2 Å². The topological polar surface area (TPSA) is 65.5 Å². The second-order valence-corrected chi connectivity index (χ2v) is 4.67. The number of hydrogen-bond acceptors (Lipinski definition) is 5. The maximum Gasteiger partial charge on any atom is 0.321 e. The molecule has 2 rings (SSSR count). The van der Waals surface area contributed by atoms with Crippen molar-refractivity contribution in [3.63, 3.8) is 0 Å². The molecule has 22 heavy (non-hydrogen) atoms. The number of carbonyl (C=O) groups is 2. The Morgan fingerprint density at radius 3 is 2.00 bits per heavy atom. The third kappa shape index (κ3) is 3.31. The quantitative estimate of drug-likeness (QED) is 0.625. The lowest BCUT2D eigenvalue weighted by Crippen LogP contribution is -2.33. The first kappa shape index (κ1) is 15.7. The Kier molecular flexibility index (Phi) is 5.25. The Morgan fingerprint density at radius 2 is 1.50 bits per heavy atom. The van der Waals surface area contributed by atoms with Gasteiger partial charge in [-0.1, -0.05) is 36.4 Å². The molecular weight excluding hydrogens is 282 g/mol. The predicted octanol–water partition coefficient (Wildman–Crippen LogP) is 2.18. The van der Waals surface area contributed by atoms with Gasteiger partial charge in [0.15, 0.2) is 5.92 Å². The van der Waals surface area contributed by atoms with E-state index in [0.29, 0.717) is 5.69 Å². The van der Waals surface area contributed by atoms with E-state index in [-0.39, 0.29) is 0 Å². The molecule has 1 unspecified atom stereocenters. The molecule has 5 nitrogen and oxygen atoms in total. The van der Waals surface area contributed by atoms with Crippen molar-refractivity contribution < 1.29 is 19.1 Å².